The van der Waals surface area contributed by atoms with Gasteiger partial charge < -0.3 is 16.0 Å². The Hall–Kier alpha value is -2.59. The Morgan fingerprint density at radius 2 is 2.07 bits per heavy atom. The van der Waals surface area contributed by atoms with E-state index in [1.54, 1.807) is 6.20 Å². The molecular formula is C19H16BrF2N5OS. The molecule has 1 aliphatic rings. The van der Waals surface area contributed by atoms with E-state index in [9.17, 15) is 13.6 Å². The van der Waals surface area contributed by atoms with Crippen LogP contribution in [-0.4, -0.2) is 21.9 Å². The molecule has 0 atom stereocenters. The summed E-state index contributed by atoms with van der Waals surface area (Å²) in [6, 6.07) is 7.50. The average Bonchev–Trinajstić information content (AvgIpc) is 3.37. The maximum absolute atomic E-state index is 14.1. The van der Waals surface area contributed by atoms with Crippen molar-refractivity contribution in [3.05, 3.63) is 63.2 Å². The number of carbonyl (C=O) groups excluding carboxylic acids is 1. The molecule has 1 fully saturated rings. The second-order valence-corrected chi connectivity index (χ2v) is 8.44. The number of hydrogen-bond acceptors (Lipinski definition) is 6. The van der Waals surface area contributed by atoms with Crippen LogP contribution in [-0.2, 0) is 6.54 Å². The van der Waals surface area contributed by atoms with Crippen molar-refractivity contribution in [3.8, 4) is 0 Å². The number of aromatic nitrogens is 2. The molecule has 29 heavy (non-hydrogen) atoms. The second-order valence-electron chi connectivity index (χ2n) is 6.52. The van der Waals surface area contributed by atoms with E-state index in [0.29, 0.717) is 15.6 Å². The third kappa shape index (κ3) is 5.07. The van der Waals surface area contributed by atoms with E-state index in [4.69, 9.17) is 0 Å². The summed E-state index contributed by atoms with van der Waals surface area (Å²) in [6.07, 6.45) is 3.42. The first-order valence-corrected chi connectivity index (χ1v) is 10.5. The van der Waals surface area contributed by atoms with E-state index in [-0.39, 0.29) is 23.8 Å². The lowest BCUT2D eigenvalue weighted by molar-refractivity contribution is 0.0947. The van der Waals surface area contributed by atoms with Crippen LogP contribution in [0.4, 0.5) is 25.4 Å². The Morgan fingerprint density at radius 1 is 1.24 bits per heavy atom. The fourth-order valence-corrected chi connectivity index (χ4v) is 3.67. The molecule has 0 saturated heterocycles. The third-order valence-electron chi connectivity index (χ3n) is 4.17. The number of thiazole rings is 1. The number of nitrogens with zero attached hydrogens (tertiary/aromatic N) is 2. The van der Waals surface area contributed by atoms with Gasteiger partial charge in [0, 0.05) is 23.2 Å². The zero-order valence-corrected chi connectivity index (χ0v) is 17.4. The highest BCUT2D eigenvalue weighted by Crippen LogP contribution is 2.26. The first-order valence-electron chi connectivity index (χ1n) is 8.86. The number of amides is 1. The van der Waals surface area contributed by atoms with E-state index in [1.165, 1.54) is 17.4 Å². The number of carbonyl (C=O) groups is 1. The van der Waals surface area contributed by atoms with E-state index in [2.05, 4.69) is 41.8 Å². The highest BCUT2D eigenvalue weighted by atomic mass is 79.9. The fraction of sp³-hybridized carbons (Fsp3) is 0.211. The zero-order valence-electron chi connectivity index (χ0n) is 15.0. The van der Waals surface area contributed by atoms with Crippen molar-refractivity contribution in [2.24, 2.45) is 0 Å². The number of rotatable bonds is 7. The van der Waals surface area contributed by atoms with Crippen molar-refractivity contribution in [1.82, 2.24) is 15.3 Å². The Bertz CT molecular complexity index is 1060. The van der Waals surface area contributed by atoms with Crippen molar-refractivity contribution in [3.63, 3.8) is 0 Å². The van der Waals surface area contributed by atoms with Gasteiger partial charge in [-0.25, -0.2) is 18.7 Å². The Morgan fingerprint density at radius 3 is 2.83 bits per heavy atom. The molecular weight excluding hydrogens is 464 g/mol. The molecule has 0 radical (unpaired) electrons. The molecule has 1 saturated carbocycles. The van der Waals surface area contributed by atoms with Gasteiger partial charge in [-0.1, -0.05) is 17.4 Å². The van der Waals surface area contributed by atoms with Gasteiger partial charge in [-0.15, -0.1) is 0 Å². The van der Waals surface area contributed by atoms with Crippen molar-refractivity contribution in [2.45, 2.75) is 25.4 Å². The number of nitrogens with one attached hydrogen (secondary N) is 3. The molecule has 150 valence electrons. The predicted molar refractivity (Wildman–Crippen MR) is 112 cm³/mol. The highest BCUT2D eigenvalue weighted by Gasteiger charge is 2.25. The SMILES string of the molecule is O=C(NC1CC1)c1cc(NCc2cnc(Nc3cccc(Br)n3)s2)c(F)cc1F. The number of anilines is 3. The van der Waals surface area contributed by atoms with Gasteiger partial charge in [0.05, 0.1) is 17.8 Å². The monoisotopic (exact) mass is 479 g/mol. The lowest BCUT2D eigenvalue weighted by Crippen LogP contribution is -2.26. The maximum Gasteiger partial charge on any atom is 0.254 e. The van der Waals surface area contributed by atoms with E-state index >= 15 is 0 Å². The van der Waals surface area contributed by atoms with Gasteiger partial charge in [0.15, 0.2) is 5.13 Å². The summed E-state index contributed by atoms with van der Waals surface area (Å²) in [7, 11) is 0. The molecule has 0 aliphatic heterocycles. The van der Waals surface area contributed by atoms with Crippen LogP contribution in [0.2, 0.25) is 0 Å². The summed E-state index contributed by atoms with van der Waals surface area (Å²) < 4.78 is 28.8. The van der Waals surface area contributed by atoms with E-state index < -0.39 is 17.5 Å². The molecule has 4 rings (SSSR count). The summed E-state index contributed by atoms with van der Waals surface area (Å²) in [5.74, 6) is -1.52. The average molecular weight is 480 g/mol. The standard InChI is InChI=1S/C19H16BrF2N5OS/c20-16-2-1-3-17(26-16)27-19-24-9-11(29-19)8-23-15-6-12(13(21)7-14(15)22)18(28)25-10-4-5-10/h1-3,6-7,9-10,23H,4-5,8H2,(H,25,28)(H,24,26,27). The molecule has 0 bridgehead atoms. The lowest BCUT2D eigenvalue weighted by Gasteiger charge is -2.10. The summed E-state index contributed by atoms with van der Waals surface area (Å²) in [6.45, 7) is 0.275. The van der Waals surface area contributed by atoms with E-state index in [0.717, 1.165) is 23.8 Å². The Labute approximate surface area is 177 Å². The normalized spacial score (nSPS) is 13.2. The smallest absolute Gasteiger partial charge is 0.254 e. The molecule has 0 spiro atoms. The first-order chi connectivity index (χ1) is 14.0. The topological polar surface area (TPSA) is 78.9 Å². The summed E-state index contributed by atoms with van der Waals surface area (Å²) in [4.78, 5) is 21.5. The minimum Gasteiger partial charge on any atom is -0.378 e. The quantitative estimate of drug-likeness (QED) is 0.423. The zero-order chi connectivity index (χ0) is 20.4. The Kier molecular flexibility index (Phi) is 5.72. The van der Waals surface area contributed by atoms with Gasteiger partial charge >= 0.3 is 0 Å². The molecule has 3 N–H and O–H groups in total. The van der Waals surface area contributed by atoms with Crippen molar-refractivity contribution < 1.29 is 13.6 Å². The van der Waals surface area contributed by atoms with Gasteiger partial charge in [-0.05, 0) is 47.0 Å². The first kappa shape index (κ1) is 19.7. The van der Waals surface area contributed by atoms with Crippen molar-refractivity contribution in [1.29, 1.82) is 0 Å². The molecule has 6 nitrogen and oxygen atoms in total. The van der Waals surface area contributed by atoms with Gasteiger partial charge in [0.1, 0.15) is 22.1 Å². The lowest BCUT2D eigenvalue weighted by atomic mass is 10.1. The number of benzene rings is 1. The largest absolute Gasteiger partial charge is 0.378 e. The van der Waals surface area contributed by atoms with Crippen LogP contribution in [0.5, 0.6) is 0 Å². The molecule has 2 heterocycles. The highest BCUT2D eigenvalue weighted by molar-refractivity contribution is 9.10. The molecule has 1 amide bonds. The third-order valence-corrected chi connectivity index (χ3v) is 5.53. The van der Waals surface area contributed by atoms with Crippen molar-refractivity contribution in [2.75, 3.05) is 10.6 Å². The van der Waals surface area contributed by atoms with Crippen molar-refractivity contribution >= 4 is 49.8 Å². The van der Waals surface area contributed by atoms with Gasteiger partial charge in [0.2, 0.25) is 0 Å². The molecule has 1 aliphatic carbocycles. The van der Waals surface area contributed by atoms with Crippen LogP contribution in [0.3, 0.4) is 0 Å². The molecule has 0 unspecified atom stereocenters. The molecule has 2 aromatic heterocycles. The van der Waals surface area contributed by atoms with Crippen LogP contribution in [0.25, 0.3) is 0 Å². The second kappa shape index (κ2) is 8.42. The number of pyridine rings is 1. The van der Waals surface area contributed by atoms with Gasteiger partial charge in [0.25, 0.3) is 5.91 Å². The fourth-order valence-electron chi connectivity index (χ4n) is 2.57. The van der Waals surface area contributed by atoms with Crippen LogP contribution >= 0.6 is 27.3 Å². The van der Waals surface area contributed by atoms with Crippen LogP contribution in [0, 0.1) is 11.6 Å². The van der Waals surface area contributed by atoms with Gasteiger partial charge in [-0.3, -0.25) is 4.79 Å². The van der Waals surface area contributed by atoms with E-state index in [1.807, 2.05) is 18.2 Å². The van der Waals surface area contributed by atoms with Crippen LogP contribution in [0.15, 0.2) is 41.1 Å². The molecule has 3 aromatic rings. The maximum atomic E-state index is 14.1. The minimum atomic E-state index is -0.878. The summed E-state index contributed by atoms with van der Waals surface area (Å²) in [5, 5.41) is 9.34. The number of halogens is 3. The number of hydrogen-bond donors (Lipinski definition) is 3. The summed E-state index contributed by atoms with van der Waals surface area (Å²) in [5.41, 5.74) is -0.114. The minimum absolute atomic E-state index is 0.0592. The Balaban J connectivity index is 1.42. The van der Waals surface area contributed by atoms with Crippen LogP contribution < -0.4 is 16.0 Å². The summed E-state index contributed by atoms with van der Waals surface area (Å²) >= 11 is 4.68. The molecule has 10 heteroatoms. The van der Waals surface area contributed by atoms with Gasteiger partial charge in [-0.2, -0.15) is 0 Å². The van der Waals surface area contributed by atoms with Crippen LogP contribution in [0.1, 0.15) is 28.1 Å². The molecule has 1 aromatic carbocycles. The predicted octanol–water partition coefficient (Wildman–Crippen LogP) is 4.83.